The molecule has 1 saturated heterocycles. The fraction of sp³-hybridized carbons (Fsp3) is 0.474. The van der Waals surface area contributed by atoms with Crippen molar-refractivity contribution < 1.29 is 12.8 Å². The summed E-state index contributed by atoms with van der Waals surface area (Å²) < 4.78 is 40.1. The summed E-state index contributed by atoms with van der Waals surface area (Å²) in [5.74, 6) is -0.153. The van der Waals surface area contributed by atoms with Gasteiger partial charge in [0.25, 0.3) is 0 Å². The number of nitrogens with one attached hydrogen (secondary N) is 1. The van der Waals surface area contributed by atoms with Gasteiger partial charge >= 0.3 is 0 Å². The lowest BCUT2D eigenvalue weighted by Gasteiger charge is -2.42. The number of hydrogen-bond donors (Lipinski definition) is 1. The van der Waals surface area contributed by atoms with Crippen LogP contribution in [0.1, 0.15) is 24.8 Å². The van der Waals surface area contributed by atoms with Gasteiger partial charge in [0.1, 0.15) is 5.82 Å². The summed E-state index contributed by atoms with van der Waals surface area (Å²) in [6, 6.07) is 10.4. The molecule has 1 aliphatic heterocycles. The van der Waals surface area contributed by atoms with Crippen molar-refractivity contribution in [1.29, 1.82) is 0 Å². The SMILES string of the molecule is CCS(=O)(=O)N[C@H](C)[C@H](c1cccs1)N1CCN(c2ccc(F)cc2)CC1. The summed E-state index contributed by atoms with van der Waals surface area (Å²) in [5, 5.41) is 2.03. The van der Waals surface area contributed by atoms with Crippen LogP contribution in [0.2, 0.25) is 0 Å². The van der Waals surface area contributed by atoms with Crippen LogP contribution in [0.5, 0.6) is 0 Å². The number of piperazine rings is 1. The molecule has 0 radical (unpaired) electrons. The third kappa shape index (κ3) is 5.07. The van der Waals surface area contributed by atoms with Gasteiger partial charge < -0.3 is 4.90 Å². The topological polar surface area (TPSA) is 52.7 Å². The molecule has 1 aliphatic rings. The molecule has 1 fully saturated rings. The van der Waals surface area contributed by atoms with E-state index < -0.39 is 10.0 Å². The molecule has 8 heteroatoms. The van der Waals surface area contributed by atoms with Crippen LogP contribution in [0.25, 0.3) is 0 Å². The maximum atomic E-state index is 13.2. The number of benzene rings is 1. The van der Waals surface area contributed by atoms with Gasteiger partial charge in [0, 0.05) is 42.8 Å². The van der Waals surface area contributed by atoms with Gasteiger partial charge in [-0.3, -0.25) is 4.90 Å². The van der Waals surface area contributed by atoms with Crippen molar-refractivity contribution in [3.05, 3.63) is 52.5 Å². The van der Waals surface area contributed by atoms with E-state index in [1.165, 1.54) is 12.1 Å². The maximum Gasteiger partial charge on any atom is 0.211 e. The van der Waals surface area contributed by atoms with Crippen molar-refractivity contribution in [1.82, 2.24) is 9.62 Å². The average Bonchev–Trinajstić information content (AvgIpc) is 3.17. The first-order valence-corrected chi connectivity index (χ1v) is 11.7. The van der Waals surface area contributed by atoms with E-state index in [1.807, 2.05) is 18.4 Å². The van der Waals surface area contributed by atoms with Crippen molar-refractivity contribution in [3.8, 4) is 0 Å². The van der Waals surface area contributed by atoms with Gasteiger partial charge in [-0.2, -0.15) is 0 Å². The molecule has 148 valence electrons. The van der Waals surface area contributed by atoms with Gasteiger partial charge in [0.2, 0.25) is 10.0 Å². The van der Waals surface area contributed by atoms with Gasteiger partial charge in [0.05, 0.1) is 11.8 Å². The molecule has 0 unspecified atom stereocenters. The Morgan fingerprint density at radius 2 is 1.81 bits per heavy atom. The van der Waals surface area contributed by atoms with Crippen LogP contribution in [-0.4, -0.2) is 51.3 Å². The van der Waals surface area contributed by atoms with Crippen LogP contribution >= 0.6 is 11.3 Å². The van der Waals surface area contributed by atoms with E-state index in [-0.39, 0.29) is 23.7 Å². The molecule has 5 nitrogen and oxygen atoms in total. The first-order chi connectivity index (χ1) is 12.9. The smallest absolute Gasteiger partial charge is 0.211 e. The fourth-order valence-electron chi connectivity index (χ4n) is 3.54. The zero-order valence-electron chi connectivity index (χ0n) is 15.6. The van der Waals surface area contributed by atoms with E-state index in [2.05, 4.69) is 20.6 Å². The monoisotopic (exact) mass is 411 g/mol. The van der Waals surface area contributed by atoms with Crippen LogP contribution in [-0.2, 0) is 10.0 Å². The Morgan fingerprint density at radius 3 is 2.37 bits per heavy atom. The lowest BCUT2D eigenvalue weighted by atomic mass is 10.1. The van der Waals surface area contributed by atoms with E-state index in [0.717, 1.165) is 36.7 Å². The summed E-state index contributed by atoms with van der Waals surface area (Å²) in [6.07, 6.45) is 0. The molecule has 1 N–H and O–H groups in total. The normalized spacial score (nSPS) is 18.4. The lowest BCUT2D eigenvalue weighted by Crippen LogP contribution is -2.52. The second-order valence-corrected chi connectivity index (χ2v) is 9.79. The minimum Gasteiger partial charge on any atom is -0.369 e. The van der Waals surface area contributed by atoms with Gasteiger partial charge in [-0.25, -0.2) is 17.5 Å². The maximum absolute atomic E-state index is 13.2. The Morgan fingerprint density at radius 1 is 1.15 bits per heavy atom. The number of sulfonamides is 1. The fourth-order valence-corrected chi connectivity index (χ4v) is 5.37. The molecule has 0 spiro atoms. The third-order valence-corrected chi connectivity index (χ3v) is 7.39. The van der Waals surface area contributed by atoms with E-state index in [4.69, 9.17) is 0 Å². The summed E-state index contributed by atoms with van der Waals surface area (Å²) >= 11 is 1.65. The first kappa shape index (κ1) is 20.3. The Labute approximate surface area is 164 Å². The molecule has 0 amide bonds. The molecule has 2 aromatic rings. The average molecular weight is 412 g/mol. The minimum atomic E-state index is -3.27. The highest BCUT2D eigenvalue weighted by Gasteiger charge is 2.31. The van der Waals surface area contributed by atoms with Crippen molar-refractivity contribution in [2.75, 3.05) is 36.8 Å². The van der Waals surface area contributed by atoms with Crippen molar-refractivity contribution >= 4 is 27.0 Å². The van der Waals surface area contributed by atoms with Crippen LogP contribution in [0.15, 0.2) is 41.8 Å². The molecule has 3 rings (SSSR count). The van der Waals surface area contributed by atoms with Gasteiger partial charge in [-0.05, 0) is 49.6 Å². The second kappa shape index (κ2) is 8.68. The van der Waals surface area contributed by atoms with Crippen LogP contribution in [0.3, 0.4) is 0 Å². The van der Waals surface area contributed by atoms with E-state index >= 15 is 0 Å². The summed E-state index contributed by atoms with van der Waals surface area (Å²) in [6.45, 7) is 6.86. The molecule has 1 aromatic carbocycles. The van der Waals surface area contributed by atoms with Crippen LogP contribution < -0.4 is 9.62 Å². The predicted octanol–water partition coefficient (Wildman–Crippen LogP) is 3.08. The molecule has 1 aromatic heterocycles. The summed E-state index contributed by atoms with van der Waals surface area (Å²) in [5.41, 5.74) is 1.02. The van der Waals surface area contributed by atoms with Crippen molar-refractivity contribution in [3.63, 3.8) is 0 Å². The van der Waals surface area contributed by atoms with Gasteiger partial charge in [-0.15, -0.1) is 11.3 Å². The van der Waals surface area contributed by atoms with E-state index in [1.54, 1.807) is 30.4 Å². The van der Waals surface area contributed by atoms with E-state index in [9.17, 15) is 12.8 Å². The lowest BCUT2D eigenvalue weighted by molar-refractivity contribution is 0.164. The molecule has 0 aliphatic carbocycles. The molecule has 2 heterocycles. The number of nitrogens with zero attached hydrogens (tertiary/aromatic N) is 2. The minimum absolute atomic E-state index is 0.00157. The molecule has 0 saturated carbocycles. The number of thiophene rings is 1. The highest BCUT2D eigenvalue weighted by molar-refractivity contribution is 7.89. The number of rotatable bonds is 7. The summed E-state index contributed by atoms with van der Waals surface area (Å²) in [7, 11) is -3.27. The van der Waals surface area contributed by atoms with Gasteiger partial charge in [0.15, 0.2) is 0 Å². The Kier molecular flexibility index (Phi) is 6.52. The quantitative estimate of drug-likeness (QED) is 0.761. The van der Waals surface area contributed by atoms with Crippen molar-refractivity contribution in [2.45, 2.75) is 25.9 Å². The molecule has 27 heavy (non-hydrogen) atoms. The number of hydrogen-bond acceptors (Lipinski definition) is 5. The van der Waals surface area contributed by atoms with Crippen molar-refractivity contribution in [2.24, 2.45) is 0 Å². The van der Waals surface area contributed by atoms with Crippen LogP contribution in [0, 0.1) is 5.82 Å². The Hall–Kier alpha value is -1.48. The zero-order chi connectivity index (χ0) is 19.4. The predicted molar refractivity (Wildman–Crippen MR) is 109 cm³/mol. The Bertz CT molecular complexity index is 817. The number of halogens is 1. The number of anilines is 1. The highest BCUT2D eigenvalue weighted by Crippen LogP contribution is 2.30. The van der Waals surface area contributed by atoms with Gasteiger partial charge in [-0.1, -0.05) is 6.07 Å². The molecule has 0 bridgehead atoms. The summed E-state index contributed by atoms with van der Waals surface area (Å²) in [4.78, 5) is 5.74. The first-order valence-electron chi connectivity index (χ1n) is 9.17. The largest absolute Gasteiger partial charge is 0.369 e. The zero-order valence-corrected chi connectivity index (χ0v) is 17.3. The Balaban J connectivity index is 1.72. The van der Waals surface area contributed by atoms with E-state index in [0.29, 0.717) is 0 Å². The molecular formula is C19H26FN3O2S2. The third-order valence-electron chi connectivity index (χ3n) is 4.95. The standard InChI is InChI=1S/C19H26FN3O2S2/c1-3-27(24,25)21-15(2)19(18-5-4-14-26-18)23-12-10-22(11-13-23)17-8-6-16(20)7-9-17/h4-9,14-15,19,21H,3,10-13H2,1-2H3/t15-,19-/m1/s1. The van der Waals surface area contributed by atoms with Crippen LogP contribution in [0.4, 0.5) is 10.1 Å². The molecular weight excluding hydrogens is 385 g/mol. The highest BCUT2D eigenvalue weighted by atomic mass is 32.2. The second-order valence-electron chi connectivity index (χ2n) is 6.77. The molecule has 2 atom stereocenters.